The van der Waals surface area contributed by atoms with Crippen molar-refractivity contribution in [2.24, 2.45) is 7.05 Å². The Morgan fingerprint density at radius 2 is 2.18 bits per heavy atom. The summed E-state index contributed by atoms with van der Waals surface area (Å²) in [5.41, 5.74) is 1.41. The van der Waals surface area contributed by atoms with E-state index in [4.69, 9.17) is 0 Å². The number of nitro groups is 1. The normalized spacial score (nSPS) is 10.2. The first-order chi connectivity index (χ1) is 8.16. The van der Waals surface area contributed by atoms with Gasteiger partial charge in [0.25, 0.3) is 5.69 Å². The Morgan fingerprint density at radius 1 is 1.41 bits per heavy atom. The topological polar surface area (TPSA) is 73.0 Å². The van der Waals surface area contributed by atoms with Crippen molar-refractivity contribution in [3.63, 3.8) is 0 Å². The van der Waals surface area contributed by atoms with E-state index in [1.54, 1.807) is 22.9 Å². The molecule has 0 unspecified atom stereocenters. The van der Waals surface area contributed by atoms with Crippen LogP contribution in [0.1, 0.15) is 5.69 Å². The fraction of sp³-hybridized carbons (Fsp3) is 0.182. The lowest BCUT2D eigenvalue weighted by atomic mass is 10.2. The molecule has 0 aliphatic rings. The molecule has 2 rings (SSSR count). The minimum absolute atomic E-state index is 0.0726. The van der Waals surface area contributed by atoms with Gasteiger partial charge in [-0.05, 0) is 12.1 Å². The van der Waals surface area contributed by atoms with E-state index >= 15 is 0 Å². The Bertz CT molecular complexity index is 536. The molecule has 2 aromatic rings. The lowest BCUT2D eigenvalue weighted by molar-refractivity contribution is -0.384. The molecule has 0 saturated heterocycles. The Labute approximate surface area is 98.0 Å². The summed E-state index contributed by atoms with van der Waals surface area (Å²) < 4.78 is 1.69. The Morgan fingerprint density at radius 3 is 2.82 bits per heavy atom. The van der Waals surface area contributed by atoms with E-state index in [1.165, 1.54) is 6.07 Å². The predicted octanol–water partition coefficient (Wildman–Crippen LogP) is 1.94. The summed E-state index contributed by atoms with van der Waals surface area (Å²) in [5, 5.41) is 18.0. The van der Waals surface area contributed by atoms with Crippen LogP contribution in [0.15, 0.2) is 36.5 Å². The number of aryl methyl sites for hydroxylation is 1. The predicted molar refractivity (Wildman–Crippen MR) is 63.6 cm³/mol. The zero-order valence-electron chi connectivity index (χ0n) is 9.33. The molecule has 0 saturated carbocycles. The van der Waals surface area contributed by atoms with Crippen LogP contribution in [0.2, 0.25) is 0 Å². The van der Waals surface area contributed by atoms with E-state index in [0.29, 0.717) is 12.2 Å². The van der Waals surface area contributed by atoms with Crippen LogP contribution in [-0.2, 0) is 13.6 Å². The fourth-order valence-corrected chi connectivity index (χ4v) is 1.53. The number of hydrogen-bond acceptors (Lipinski definition) is 4. The summed E-state index contributed by atoms with van der Waals surface area (Å²) in [4.78, 5) is 10.4. The van der Waals surface area contributed by atoms with Gasteiger partial charge in [0.2, 0.25) is 0 Å². The van der Waals surface area contributed by atoms with Gasteiger partial charge in [-0.25, -0.2) is 0 Å². The van der Waals surface area contributed by atoms with E-state index < -0.39 is 4.92 Å². The third-order valence-electron chi connectivity index (χ3n) is 2.33. The Hall–Kier alpha value is -2.37. The zero-order chi connectivity index (χ0) is 12.3. The smallest absolute Gasteiger partial charge is 0.292 e. The number of rotatable bonds is 4. The molecule has 0 amide bonds. The van der Waals surface area contributed by atoms with Crippen LogP contribution in [0, 0.1) is 10.1 Å². The fourth-order valence-electron chi connectivity index (χ4n) is 1.53. The van der Waals surface area contributed by atoms with Crippen molar-refractivity contribution in [1.29, 1.82) is 0 Å². The molecule has 0 aliphatic carbocycles. The van der Waals surface area contributed by atoms with E-state index in [1.807, 2.05) is 19.3 Å². The monoisotopic (exact) mass is 232 g/mol. The molecule has 0 radical (unpaired) electrons. The number of benzene rings is 1. The van der Waals surface area contributed by atoms with Crippen LogP contribution >= 0.6 is 0 Å². The first kappa shape index (κ1) is 11.1. The summed E-state index contributed by atoms with van der Waals surface area (Å²) in [6, 6.07) is 8.42. The molecule has 0 atom stereocenters. The highest BCUT2D eigenvalue weighted by molar-refractivity contribution is 5.61. The van der Waals surface area contributed by atoms with Crippen molar-refractivity contribution in [3.05, 3.63) is 52.3 Å². The van der Waals surface area contributed by atoms with Gasteiger partial charge in [-0.2, -0.15) is 5.10 Å². The lowest BCUT2D eigenvalue weighted by Gasteiger charge is -2.04. The molecule has 1 heterocycles. The maximum Gasteiger partial charge on any atom is 0.292 e. The van der Waals surface area contributed by atoms with Crippen molar-refractivity contribution < 1.29 is 4.92 Å². The number of nitrogens with zero attached hydrogens (tertiary/aromatic N) is 3. The van der Waals surface area contributed by atoms with E-state index in [-0.39, 0.29) is 5.69 Å². The van der Waals surface area contributed by atoms with Crippen LogP contribution in [0.5, 0.6) is 0 Å². The summed E-state index contributed by atoms with van der Waals surface area (Å²) in [6.45, 7) is 0.464. The van der Waals surface area contributed by atoms with Crippen molar-refractivity contribution in [2.45, 2.75) is 6.54 Å². The van der Waals surface area contributed by atoms with Gasteiger partial charge in [-0.15, -0.1) is 0 Å². The van der Waals surface area contributed by atoms with Crippen LogP contribution in [0.25, 0.3) is 0 Å². The minimum Gasteiger partial charge on any atom is -0.374 e. The molecule has 88 valence electrons. The largest absolute Gasteiger partial charge is 0.374 e. The highest BCUT2D eigenvalue weighted by Gasteiger charge is 2.11. The molecule has 17 heavy (non-hydrogen) atoms. The van der Waals surface area contributed by atoms with Gasteiger partial charge in [-0.1, -0.05) is 12.1 Å². The van der Waals surface area contributed by atoms with E-state index in [0.717, 1.165) is 5.69 Å². The third-order valence-corrected chi connectivity index (χ3v) is 2.33. The molecule has 0 spiro atoms. The summed E-state index contributed by atoms with van der Waals surface area (Å²) >= 11 is 0. The number of aromatic nitrogens is 2. The van der Waals surface area contributed by atoms with Gasteiger partial charge in [0, 0.05) is 19.3 Å². The number of nitro benzene ring substituents is 1. The van der Waals surface area contributed by atoms with Gasteiger partial charge in [0.05, 0.1) is 17.2 Å². The second-order valence-corrected chi connectivity index (χ2v) is 3.61. The van der Waals surface area contributed by atoms with Gasteiger partial charge >= 0.3 is 0 Å². The van der Waals surface area contributed by atoms with E-state index in [2.05, 4.69) is 10.4 Å². The first-order valence-electron chi connectivity index (χ1n) is 5.12. The molecule has 0 bridgehead atoms. The Balaban J connectivity index is 2.11. The SMILES string of the molecule is Cn1ccc(CNc2ccccc2[N+](=O)[O-])n1. The highest BCUT2D eigenvalue weighted by Crippen LogP contribution is 2.23. The second kappa shape index (κ2) is 4.65. The average Bonchev–Trinajstić information content (AvgIpc) is 2.73. The molecular formula is C11H12N4O2. The molecule has 1 aromatic carbocycles. The zero-order valence-corrected chi connectivity index (χ0v) is 9.33. The molecular weight excluding hydrogens is 220 g/mol. The van der Waals surface area contributed by atoms with Gasteiger partial charge in [-0.3, -0.25) is 14.8 Å². The number of nitrogens with one attached hydrogen (secondary N) is 1. The maximum absolute atomic E-state index is 10.8. The highest BCUT2D eigenvalue weighted by atomic mass is 16.6. The summed E-state index contributed by atoms with van der Waals surface area (Å²) in [7, 11) is 1.83. The first-order valence-corrected chi connectivity index (χ1v) is 5.12. The van der Waals surface area contributed by atoms with Crippen LogP contribution < -0.4 is 5.32 Å². The number of hydrogen-bond donors (Lipinski definition) is 1. The van der Waals surface area contributed by atoms with Gasteiger partial charge in [0.1, 0.15) is 5.69 Å². The standard InChI is InChI=1S/C11H12N4O2/c1-14-7-6-9(13-14)8-12-10-4-2-3-5-11(10)15(16)17/h2-7,12H,8H2,1H3. The number of para-hydroxylation sites is 2. The van der Waals surface area contributed by atoms with Crippen molar-refractivity contribution >= 4 is 11.4 Å². The molecule has 1 N–H and O–H groups in total. The molecule has 0 aliphatic heterocycles. The number of anilines is 1. The van der Waals surface area contributed by atoms with Crippen molar-refractivity contribution in [2.75, 3.05) is 5.32 Å². The van der Waals surface area contributed by atoms with Crippen LogP contribution in [0.4, 0.5) is 11.4 Å². The third kappa shape index (κ3) is 2.60. The van der Waals surface area contributed by atoms with Crippen LogP contribution in [0.3, 0.4) is 0 Å². The van der Waals surface area contributed by atoms with Crippen molar-refractivity contribution in [1.82, 2.24) is 9.78 Å². The maximum atomic E-state index is 10.8. The quantitative estimate of drug-likeness (QED) is 0.645. The summed E-state index contributed by atoms with van der Waals surface area (Å²) in [5.74, 6) is 0. The molecule has 6 heteroatoms. The Kier molecular flexibility index (Phi) is 3.04. The summed E-state index contributed by atoms with van der Waals surface area (Å²) in [6.07, 6.45) is 1.83. The minimum atomic E-state index is -0.402. The second-order valence-electron chi connectivity index (χ2n) is 3.61. The van der Waals surface area contributed by atoms with Crippen LogP contribution in [-0.4, -0.2) is 14.7 Å². The average molecular weight is 232 g/mol. The molecule has 0 fully saturated rings. The lowest BCUT2D eigenvalue weighted by Crippen LogP contribution is -2.03. The van der Waals surface area contributed by atoms with Gasteiger partial charge < -0.3 is 5.32 Å². The van der Waals surface area contributed by atoms with Gasteiger partial charge in [0.15, 0.2) is 0 Å². The van der Waals surface area contributed by atoms with Crippen molar-refractivity contribution in [3.8, 4) is 0 Å². The van der Waals surface area contributed by atoms with E-state index in [9.17, 15) is 10.1 Å². The molecule has 6 nitrogen and oxygen atoms in total. The molecule has 1 aromatic heterocycles.